The Balaban J connectivity index is 1.51. The van der Waals surface area contributed by atoms with Gasteiger partial charge in [-0.2, -0.15) is 0 Å². The molecule has 2 heterocycles. The highest BCUT2D eigenvalue weighted by Gasteiger charge is 2.37. The number of sulfone groups is 1. The van der Waals surface area contributed by atoms with Crippen LogP contribution in [0.1, 0.15) is 43.5 Å². The third kappa shape index (κ3) is 5.65. The minimum Gasteiger partial charge on any atom is -0.452 e. The number of nitrogens with zero attached hydrogens (tertiary/aromatic N) is 2. The first kappa shape index (κ1) is 24.2. The Morgan fingerprint density at radius 2 is 1.78 bits per heavy atom. The number of piperidine rings is 1. The molecule has 0 radical (unpaired) electrons. The number of amides is 2. The maximum atomic E-state index is 13.1. The Bertz CT molecular complexity index is 957. The van der Waals surface area contributed by atoms with Gasteiger partial charge in [0.25, 0.3) is 11.8 Å². The Labute approximate surface area is 187 Å². The molecule has 0 unspecified atom stereocenters. The lowest BCUT2D eigenvalue weighted by Gasteiger charge is -2.32. The predicted molar refractivity (Wildman–Crippen MR) is 115 cm³/mol. The molecule has 0 saturated carbocycles. The van der Waals surface area contributed by atoms with E-state index in [9.17, 15) is 27.2 Å². The van der Waals surface area contributed by atoms with Crippen LogP contribution in [0.2, 0.25) is 0 Å². The minimum absolute atomic E-state index is 0.0603. The standard InChI is InChI=1S/C22H29FN2O6S/c1-3-25(19-10-13-32(29,30)14-19)20(26)15(2)31-22(28)17-8-11-24(12-9-17)21(27)16-4-6-18(23)7-5-16/h4-7,15,17,19H,3,8-14H2,1-2H3/t15-,19+/m0/s1. The van der Waals surface area contributed by atoms with Gasteiger partial charge in [0.05, 0.1) is 17.4 Å². The van der Waals surface area contributed by atoms with Crippen LogP contribution in [0, 0.1) is 11.7 Å². The number of carbonyl (C=O) groups is 3. The number of ether oxygens (including phenoxy) is 1. The van der Waals surface area contributed by atoms with Crippen molar-refractivity contribution >= 4 is 27.6 Å². The van der Waals surface area contributed by atoms with E-state index in [1.54, 1.807) is 11.8 Å². The van der Waals surface area contributed by atoms with Crippen molar-refractivity contribution in [2.75, 3.05) is 31.1 Å². The third-order valence-electron chi connectivity index (χ3n) is 6.12. The number of halogens is 1. The van der Waals surface area contributed by atoms with Gasteiger partial charge < -0.3 is 14.5 Å². The highest BCUT2D eigenvalue weighted by Crippen LogP contribution is 2.23. The molecule has 0 spiro atoms. The average molecular weight is 469 g/mol. The molecule has 1 aromatic rings. The number of carbonyl (C=O) groups excluding carboxylic acids is 3. The lowest BCUT2D eigenvalue weighted by molar-refractivity contribution is -0.164. The maximum absolute atomic E-state index is 13.1. The molecular formula is C22H29FN2O6S. The molecule has 2 aliphatic heterocycles. The Morgan fingerprint density at radius 3 is 2.31 bits per heavy atom. The topological polar surface area (TPSA) is 101 Å². The van der Waals surface area contributed by atoms with Crippen molar-refractivity contribution in [3.63, 3.8) is 0 Å². The summed E-state index contributed by atoms with van der Waals surface area (Å²) < 4.78 is 42.0. The summed E-state index contributed by atoms with van der Waals surface area (Å²) in [4.78, 5) is 41.0. The Morgan fingerprint density at radius 1 is 1.16 bits per heavy atom. The van der Waals surface area contributed by atoms with Crippen molar-refractivity contribution in [2.24, 2.45) is 5.92 Å². The van der Waals surface area contributed by atoms with Crippen LogP contribution in [0.5, 0.6) is 0 Å². The molecule has 8 nitrogen and oxygen atoms in total. The van der Waals surface area contributed by atoms with Gasteiger partial charge in [0.15, 0.2) is 15.9 Å². The molecule has 2 atom stereocenters. The van der Waals surface area contributed by atoms with Crippen molar-refractivity contribution in [2.45, 2.75) is 45.3 Å². The zero-order valence-electron chi connectivity index (χ0n) is 18.3. The molecule has 0 aromatic heterocycles. The van der Waals surface area contributed by atoms with E-state index in [0.717, 1.165) is 0 Å². The largest absolute Gasteiger partial charge is 0.452 e. The van der Waals surface area contributed by atoms with Crippen LogP contribution in [0.25, 0.3) is 0 Å². The molecule has 1 aromatic carbocycles. The Kier molecular flexibility index (Phi) is 7.53. The molecule has 2 aliphatic rings. The monoisotopic (exact) mass is 468 g/mol. The molecule has 176 valence electrons. The second kappa shape index (κ2) is 9.97. The summed E-state index contributed by atoms with van der Waals surface area (Å²) in [5.41, 5.74) is 0.389. The number of hydrogen-bond donors (Lipinski definition) is 0. The van der Waals surface area contributed by atoms with E-state index < -0.39 is 39.6 Å². The summed E-state index contributed by atoms with van der Waals surface area (Å²) in [5.74, 6) is -1.95. The summed E-state index contributed by atoms with van der Waals surface area (Å²) in [5, 5.41) is 0. The zero-order valence-corrected chi connectivity index (χ0v) is 19.1. The molecule has 10 heteroatoms. The highest BCUT2D eigenvalue weighted by atomic mass is 32.2. The summed E-state index contributed by atoms with van der Waals surface area (Å²) >= 11 is 0. The predicted octanol–water partition coefficient (Wildman–Crippen LogP) is 1.65. The summed E-state index contributed by atoms with van der Waals surface area (Å²) in [6.07, 6.45) is 0.198. The van der Waals surface area contributed by atoms with Gasteiger partial charge in [-0.3, -0.25) is 14.4 Å². The molecule has 0 bridgehead atoms. The average Bonchev–Trinajstić information content (AvgIpc) is 3.13. The Hall–Kier alpha value is -2.49. The van der Waals surface area contributed by atoms with E-state index in [2.05, 4.69) is 0 Å². The van der Waals surface area contributed by atoms with E-state index in [4.69, 9.17) is 4.74 Å². The van der Waals surface area contributed by atoms with Crippen LogP contribution in [0.15, 0.2) is 24.3 Å². The van der Waals surface area contributed by atoms with Gasteiger partial charge in [0.2, 0.25) is 0 Å². The maximum Gasteiger partial charge on any atom is 0.309 e. The first-order valence-electron chi connectivity index (χ1n) is 10.9. The second-order valence-corrected chi connectivity index (χ2v) is 10.6. The number of esters is 1. The molecular weight excluding hydrogens is 439 g/mol. The van der Waals surface area contributed by atoms with Gasteiger partial charge in [0.1, 0.15) is 5.82 Å². The molecule has 0 N–H and O–H groups in total. The molecule has 2 saturated heterocycles. The van der Waals surface area contributed by atoms with Crippen molar-refractivity contribution in [3.05, 3.63) is 35.6 Å². The summed E-state index contributed by atoms with van der Waals surface area (Å²) in [6, 6.07) is 4.94. The summed E-state index contributed by atoms with van der Waals surface area (Å²) in [7, 11) is -3.14. The lowest BCUT2D eigenvalue weighted by Crippen LogP contribution is -2.47. The van der Waals surface area contributed by atoms with E-state index in [1.165, 1.54) is 36.1 Å². The van der Waals surface area contributed by atoms with Crippen LogP contribution in [0.4, 0.5) is 4.39 Å². The van der Waals surface area contributed by atoms with Gasteiger partial charge in [-0.05, 0) is 57.4 Å². The van der Waals surface area contributed by atoms with Crippen molar-refractivity contribution in [1.29, 1.82) is 0 Å². The number of hydrogen-bond acceptors (Lipinski definition) is 6. The quantitative estimate of drug-likeness (QED) is 0.589. The van der Waals surface area contributed by atoms with E-state index in [1.807, 2.05) is 0 Å². The number of benzene rings is 1. The molecule has 2 amide bonds. The van der Waals surface area contributed by atoms with Crippen molar-refractivity contribution in [3.8, 4) is 0 Å². The first-order valence-corrected chi connectivity index (χ1v) is 12.7. The normalized spacial score (nSPS) is 21.7. The van der Waals surface area contributed by atoms with Gasteiger partial charge in [0, 0.05) is 31.2 Å². The van der Waals surface area contributed by atoms with E-state index >= 15 is 0 Å². The van der Waals surface area contributed by atoms with Crippen molar-refractivity contribution < 1.29 is 31.9 Å². The van der Waals surface area contributed by atoms with Gasteiger partial charge in [-0.15, -0.1) is 0 Å². The van der Waals surface area contributed by atoms with Crippen LogP contribution in [-0.4, -0.2) is 79.3 Å². The van der Waals surface area contributed by atoms with E-state index in [-0.39, 0.29) is 23.5 Å². The van der Waals surface area contributed by atoms with Crippen LogP contribution < -0.4 is 0 Å². The fraction of sp³-hybridized carbons (Fsp3) is 0.591. The number of likely N-dealkylation sites (N-methyl/N-ethyl adjacent to an activating group) is 1. The van der Waals surface area contributed by atoms with Crippen LogP contribution in [0.3, 0.4) is 0 Å². The van der Waals surface area contributed by atoms with Crippen LogP contribution in [-0.2, 0) is 24.2 Å². The number of likely N-dealkylation sites (tertiary alicyclic amines) is 1. The van der Waals surface area contributed by atoms with E-state index in [0.29, 0.717) is 44.5 Å². The third-order valence-corrected chi connectivity index (χ3v) is 7.87. The minimum atomic E-state index is -3.14. The molecule has 2 fully saturated rings. The fourth-order valence-corrected chi connectivity index (χ4v) is 5.99. The molecule has 3 rings (SSSR count). The fourth-order valence-electron chi connectivity index (χ4n) is 4.26. The van der Waals surface area contributed by atoms with Gasteiger partial charge in [-0.1, -0.05) is 0 Å². The highest BCUT2D eigenvalue weighted by molar-refractivity contribution is 7.91. The van der Waals surface area contributed by atoms with Gasteiger partial charge >= 0.3 is 5.97 Å². The smallest absolute Gasteiger partial charge is 0.309 e. The van der Waals surface area contributed by atoms with Crippen LogP contribution >= 0.6 is 0 Å². The van der Waals surface area contributed by atoms with Crippen molar-refractivity contribution in [1.82, 2.24) is 9.80 Å². The number of rotatable bonds is 6. The molecule has 32 heavy (non-hydrogen) atoms. The second-order valence-electron chi connectivity index (χ2n) is 8.33. The molecule has 0 aliphatic carbocycles. The zero-order chi connectivity index (χ0) is 23.5. The van der Waals surface area contributed by atoms with Gasteiger partial charge in [-0.25, -0.2) is 12.8 Å². The first-order chi connectivity index (χ1) is 15.1. The SMILES string of the molecule is CCN(C(=O)[C@H](C)OC(=O)C1CCN(C(=O)c2ccc(F)cc2)CC1)[C@@H]1CCS(=O)(=O)C1. The summed E-state index contributed by atoms with van der Waals surface area (Å²) in [6.45, 7) is 4.33. The lowest BCUT2D eigenvalue weighted by atomic mass is 9.96.